The van der Waals surface area contributed by atoms with Gasteiger partial charge in [0.2, 0.25) is 0 Å². The van der Waals surface area contributed by atoms with Crippen LogP contribution in [0.5, 0.6) is 0 Å². The lowest BCUT2D eigenvalue weighted by molar-refractivity contribution is -0.0725. The predicted molar refractivity (Wildman–Crippen MR) is 86.2 cm³/mol. The van der Waals surface area contributed by atoms with Crippen molar-refractivity contribution < 1.29 is 4.74 Å². The molecule has 1 nitrogen and oxygen atoms in total. The third-order valence-corrected chi connectivity index (χ3v) is 4.53. The minimum absolute atomic E-state index is 0.0500. The van der Waals surface area contributed by atoms with Crippen molar-refractivity contribution in [3.05, 3.63) is 11.3 Å². The number of ether oxygens (including phenoxy) is 1. The molecule has 1 heteroatoms. The molecule has 1 fully saturated rings. The first-order valence-electron chi connectivity index (χ1n) is 8.28. The number of fused-ring (bicyclic) bond motifs is 1. The third kappa shape index (κ3) is 4.26. The van der Waals surface area contributed by atoms with Crippen molar-refractivity contribution in [2.45, 2.75) is 87.2 Å². The van der Waals surface area contributed by atoms with Crippen molar-refractivity contribution >= 4 is 0 Å². The van der Waals surface area contributed by atoms with E-state index in [1.807, 2.05) is 27.7 Å². The zero-order valence-electron chi connectivity index (χ0n) is 14.8. The molecule has 19 heavy (non-hydrogen) atoms. The van der Waals surface area contributed by atoms with Crippen LogP contribution >= 0.6 is 0 Å². The normalized spacial score (nSPS) is 31.9. The van der Waals surface area contributed by atoms with Gasteiger partial charge in [0.05, 0.1) is 5.76 Å². The molecule has 1 aliphatic carbocycles. The molecule has 2 aliphatic rings. The SMILES string of the molecule is CC.CC.CC1=C(C)[C@H]2C[C@@H](C)CCC2C(C)(C)O1. The molecule has 3 atom stereocenters. The summed E-state index contributed by atoms with van der Waals surface area (Å²) in [4.78, 5) is 0. The van der Waals surface area contributed by atoms with Gasteiger partial charge in [-0.2, -0.15) is 0 Å². The van der Waals surface area contributed by atoms with E-state index in [4.69, 9.17) is 4.74 Å². The average molecular weight is 268 g/mol. The summed E-state index contributed by atoms with van der Waals surface area (Å²) in [5.41, 5.74) is 1.56. The zero-order chi connectivity index (χ0) is 15.2. The highest BCUT2D eigenvalue weighted by Gasteiger charge is 2.44. The van der Waals surface area contributed by atoms with E-state index in [2.05, 4.69) is 34.6 Å². The Kier molecular flexibility index (Phi) is 7.78. The summed E-state index contributed by atoms with van der Waals surface area (Å²) >= 11 is 0. The average Bonchev–Trinajstić information content (AvgIpc) is 2.40. The van der Waals surface area contributed by atoms with E-state index in [-0.39, 0.29) is 5.60 Å². The van der Waals surface area contributed by atoms with Crippen molar-refractivity contribution in [2.75, 3.05) is 0 Å². The number of allylic oxidation sites excluding steroid dienone is 2. The Morgan fingerprint density at radius 3 is 2.05 bits per heavy atom. The molecule has 0 aromatic rings. The van der Waals surface area contributed by atoms with Crippen molar-refractivity contribution in [2.24, 2.45) is 17.8 Å². The van der Waals surface area contributed by atoms with E-state index in [1.165, 1.54) is 30.6 Å². The molecule has 2 rings (SSSR count). The van der Waals surface area contributed by atoms with Crippen LogP contribution in [0, 0.1) is 17.8 Å². The van der Waals surface area contributed by atoms with Gasteiger partial charge in [-0.15, -0.1) is 0 Å². The standard InChI is InChI=1S/C14H24O.2C2H6/c1-9-6-7-13-12(8-9)10(2)11(3)15-14(13,4)5;2*1-2/h9,12-13H,6-8H2,1-5H3;2*1-2H3/t9-,12+,13?;;/m0../s1. The highest BCUT2D eigenvalue weighted by Crippen LogP contribution is 2.48. The van der Waals surface area contributed by atoms with Crippen LogP contribution in [0.4, 0.5) is 0 Å². The molecule has 1 heterocycles. The monoisotopic (exact) mass is 268 g/mol. The van der Waals surface area contributed by atoms with Gasteiger partial charge in [-0.25, -0.2) is 0 Å². The largest absolute Gasteiger partial charge is 0.492 e. The second kappa shape index (κ2) is 7.97. The molecule has 114 valence electrons. The first kappa shape index (κ1) is 18.5. The smallest absolute Gasteiger partial charge is 0.106 e. The van der Waals surface area contributed by atoms with Crippen LogP contribution in [0.1, 0.15) is 81.6 Å². The summed E-state index contributed by atoms with van der Waals surface area (Å²) in [6.07, 6.45) is 4.07. The maximum atomic E-state index is 6.07. The fourth-order valence-corrected chi connectivity index (χ4v) is 3.50. The van der Waals surface area contributed by atoms with Gasteiger partial charge in [-0.1, -0.05) is 41.0 Å². The van der Waals surface area contributed by atoms with Crippen molar-refractivity contribution in [1.29, 1.82) is 0 Å². The van der Waals surface area contributed by atoms with Gasteiger partial charge in [0, 0.05) is 5.92 Å². The minimum atomic E-state index is 0.0500. The van der Waals surface area contributed by atoms with Gasteiger partial charge >= 0.3 is 0 Å². The fraction of sp³-hybridized carbons (Fsp3) is 0.889. The Labute approximate surface area is 121 Å². The highest BCUT2D eigenvalue weighted by atomic mass is 16.5. The molecule has 1 unspecified atom stereocenters. The van der Waals surface area contributed by atoms with E-state index >= 15 is 0 Å². The van der Waals surface area contributed by atoms with Crippen LogP contribution in [0.25, 0.3) is 0 Å². The molecular formula is C18H36O. The first-order chi connectivity index (χ1) is 8.92. The summed E-state index contributed by atoms with van der Waals surface area (Å²) < 4.78 is 6.07. The minimum Gasteiger partial charge on any atom is -0.492 e. The Hall–Kier alpha value is -0.460. The lowest BCUT2D eigenvalue weighted by Gasteiger charge is -2.48. The molecule has 0 saturated heterocycles. The Balaban J connectivity index is 0.000000741. The highest BCUT2D eigenvalue weighted by molar-refractivity contribution is 5.17. The van der Waals surface area contributed by atoms with E-state index in [0.29, 0.717) is 0 Å². The summed E-state index contributed by atoms with van der Waals surface area (Å²) in [7, 11) is 0. The Bertz CT molecular complexity index is 288. The lowest BCUT2D eigenvalue weighted by atomic mass is 9.64. The molecule has 0 bridgehead atoms. The van der Waals surface area contributed by atoms with E-state index in [1.54, 1.807) is 0 Å². The van der Waals surface area contributed by atoms with Crippen molar-refractivity contribution in [1.82, 2.24) is 0 Å². The van der Waals surface area contributed by atoms with Crippen LogP contribution in [0.15, 0.2) is 11.3 Å². The fourth-order valence-electron chi connectivity index (χ4n) is 3.50. The van der Waals surface area contributed by atoms with Crippen molar-refractivity contribution in [3.63, 3.8) is 0 Å². The topological polar surface area (TPSA) is 9.23 Å². The first-order valence-corrected chi connectivity index (χ1v) is 8.28. The van der Waals surface area contributed by atoms with Crippen LogP contribution in [0.3, 0.4) is 0 Å². The predicted octanol–water partition coefficient (Wildman–Crippen LogP) is 6.19. The molecule has 0 spiro atoms. The molecule has 0 amide bonds. The number of hydrogen-bond donors (Lipinski definition) is 0. The van der Waals surface area contributed by atoms with Crippen LogP contribution in [0.2, 0.25) is 0 Å². The number of rotatable bonds is 0. The van der Waals surface area contributed by atoms with Gasteiger partial charge < -0.3 is 4.74 Å². The van der Waals surface area contributed by atoms with Crippen LogP contribution in [-0.2, 0) is 4.74 Å². The molecule has 0 N–H and O–H groups in total. The molecule has 0 radical (unpaired) electrons. The maximum absolute atomic E-state index is 6.07. The molecule has 1 saturated carbocycles. The van der Waals surface area contributed by atoms with Gasteiger partial charge in [0.25, 0.3) is 0 Å². The van der Waals surface area contributed by atoms with E-state index < -0.39 is 0 Å². The van der Waals surface area contributed by atoms with Gasteiger partial charge in [0.15, 0.2) is 0 Å². The van der Waals surface area contributed by atoms with E-state index in [0.717, 1.165) is 17.8 Å². The second-order valence-electron chi connectivity index (χ2n) is 6.08. The molecular weight excluding hydrogens is 232 g/mol. The summed E-state index contributed by atoms with van der Waals surface area (Å²) in [6, 6.07) is 0. The second-order valence-corrected chi connectivity index (χ2v) is 6.08. The third-order valence-electron chi connectivity index (χ3n) is 4.53. The lowest BCUT2D eigenvalue weighted by Crippen LogP contribution is -2.45. The molecule has 0 aromatic heterocycles. The molecule has 1 aliphatic heterocycles. The van der Waals surface area contributed by atoms with Crippen molar-refractivity contribution in [3.8, 4) is 0 Å². The Morgan fingerprint density at radius 2 is 1.53 bits per heavy atom. The Morgan fingerprint density at radius 1 is 1.00 bits per heavy atom. The molecule has 0 aromatic carbocycles. The summed E-state index contributed by atoms with van der Waals surface area (Å²) in [5.74, 6) is 3.58. The van der Waals surface area contributed by atoms with E-state index in [9.17, 15) is 0 Å². The van der Waals surface area contributed by atoms with Gasteiger partial charge in [-0.3, -0.25) is 0 Å². The summed E-state index contributed by atoms with van der Waals surface area (Å²) in [6.45, 7) is 19.3. The van der Waals surface area contributed by atoms with Crippen LogP contribution < -0.4 is 0 Å². The zero-order valence-corrected chi connectivity index (χ0v) is 14.8. The van der Waals surface area contributed by atoms with Gasteiger partial charge in [-0.05, 0) is 57.9 Å². The van der Waals surface area contributed by atoms with Crippen LogP contribution in [-0.4, -0.2) is 5.60 Å². The quantitative estimate of drug-likeness (QED) is 0.508. The summed E-state index contributed by atoms with van der Waals surface area (Å²) in [5, 5.41) is 0. The number of hydrogen-bond acceptors (Lipinski definition) is 1. The maximum Gasteiger partial charge on any atom is 0.106 e. The van der Waals surface area contributed by atoms with Gasteiger partial charge in [0.1, 0.15) is 5.60 Å².